The molecule has 8 heteroatoms. The highest BCUT2D eigenvalue weighted by atomic mass is 32.2. The van der Waals surface area contributed by atoms with Crippen molar-refractivity contribution in [1.82, 2.24) is 9.55 Å². The lowest BCUT2D eigenvalue weighted by molar-refractivity contribution is -0.142. The van der Waals surface area contributed by atoms with Gasteiger partial charge in [0.05, 0.1) is 30.0 Å². The van der Waals surface area contributed by atoms with Crippen LogP contribution in [0.15, 0.2) is 39.1 Å². The predicted molar refractivity (Wildman–Crippen MR) is 103 cm³/mol. The van der Waals surface area contributed by atoms with E-state index in [0.29, 0.717) is 28.1 Å². The molecule has 1 aliphatic heterocycles. The van der Waals surface area contributed by atoms with Crippen LogP contribution in [0.25, 0.3) is 5.69 Å². The van der Waals surface area contributed by atoms with Crippen LogP contribution in [0.3, 0.4) is 0 Å². The molecule has 1 unspecified atom stereocenters. The molecule has 1 aliphatic rings. The number of para-hydroxylation sites is 2. The number of hydrogen-bond acceptors (Lipinski definition) is 7. The van der Waals surface area contributed by atoms with E-state index in [4.69, 9.17) is 14.5 Å². The highest BCUT2D eigenvalue weighted by Gasteiger charge is 2.26. The molecule has 1 aromatic carbocycles. The van der Waals surface area contributed by atoms with Crippen molar-refractivity contribution < 1.29 is 14.3 Å². The van der Waals surface area contributed by atoms with Crippen LogP contribution in [0, 0.1) is 0 Å². The van der Waals surface area contributed by atoms with Gasteiger partial charge in [0.2, 0.25) is 0 Å². The molecule has 3 rings (SSSR count). The lowest BCUT2D eigenvalue weighted by Crippen LogP contribution is -2.26. The topological polar surface area (TPSA) is 70.4 Å². The summed E-state index contributed by atoms with van der Waals surface area (Å²) in [7, 11) is 1.56. The van der Waals surface area contributed by atoms with E-state index in [1.54, 1.807) is 27.0 Å². The summed E-state index contributed by atoms with van der Waals surface area (Å²) in [4.78, 5) is 30.6. The van der Waals surface area contributed by atoms with Crippen LogP contribution >= 0.6 is 23.5 Å². The normalized spacial score (nSPS) is 14.0. The van der Waals surface area contributed by atoms with Gasteiger partial charge in [-0.2, -0.15) is 0 Å². The third-order valence-electron chi connectivity index (χ3n) is 3.89. The fourth-order valence-electron chi connectivity index (χ4n) is 2.66. The summed E-state index contributed by atoms with van der Waals surface area (Å²) < 4.78 is 12.0. The van der Waals surface area contributed by atoms with Crippen molar-refractivity contribution >= 4 is 29.5 Å². The van der Waals surface area contributed by atoms with E-state index in [-0.39, 0.29) is 11.5 Å². The Kier molecular flexibility index (Phi) is 5.93. The number of esters is 1. The molecule has 6 nitrogen and oxygen atoms in total. The molecule has 0 amide bonds. The number of hydrogen-bond donors (Lipinski definition) is 0. The summed E-state index contributed by atoms with van der Waals surface area (Å²) in [6.45, 7) is 3.84. The fraction of sp³-hybridized carbons (Fsp3) is 0.389. The van der Waals surface area contributed by atoms with Crippen molar-refractivity contribution in [3.05, 3.63) is 40.3 Å². The molecule has 0 spiro atoms. The zero-order valence-electron chi connectivity index (χ0n) is 14.9. The number of nitrogens with zero attached hydrogens (tertiary/aromatic N) is 2. The summed E-state index contributed by atoms with van der Waals surface area (Å²) in [6.07, 6.45) is 0.753. The van der Waals surface area contributed by atoms with Crippen LogP contribution in [0.1, 0.15) is 19.5 Å². The SMILES string of the molecule is CCOC(=O)C(C)Sc1nc2c(c(=O)n1-c1ccccc1OC)SCC2. The van der Waals surface area contributed by atoms with Gasteiger partial charge in [0.1, 0.15) is 11.0 Å². The highest BCUT2D eigenvalue weighted by Crippen LogP contribution is 2.33. The third kappa shape index (κ3) is 3.61. The van der Waals surface area contributed by atoms with Crippen LogP contribution in [0.2, 0.25) is 0 Å². The van der Waals surface area contributed by atoms with E-state index in [0.717, 1.165) is 17.9 Å². The number of aryl methyl sites for hydroxylation is 1. The summed E-state index contributed by atoms with van der Waals surface area (Å²) in [5.41, 5.74) is 1.28. The largest absolute Gasteiger partial charge is 0.495 e. The first-order valence-electron chi connectivity index (χ1n) is 8.32. The number of thioether (sulfide) groups is 2. The Hall–Kier alpha value is -1.93. The van der Waals surface area contributed by atoms with Gasteiger partial charge in [-0.15, -0.1) is 11.8 Å². The molecular formula is C18H20N2O4S2. The van der Waals surface area contributed by atoms with E-state index in [1.807, 2.05) is 18.2 Å². The second kappa shape index (κ2) is 8.18. The molecule has 0 aliphatic carbocycles. The molecule has 0 saturated carbocycles. The van der Waals surface area contributed by atoms with Gasteiger partial charge in [-0.1, -0.05) is 23.9 Å². The first-order valence-corrected chi connectivity index (χ1v) is 10.2. The molecule has 0 N–H and O–H groups in total. The van der Waals surface area contributed by atoms with E-state index >= 15 is 0 Å². The van der Waals surface area contributed by atoms with E-state index in [2.05, 4.69) is 0 Å². The number of methoxy groups -OCH3 is 1. The number of benzene rings is 1. The number of rotatable bonds is 6. The van der Waals surface area contributed by atoms with Crippen LogP contribution in [-0.4, -0.2) is 40.2 Å². The van der Waals surface area contributed by atoms with Crippen LogP contribution in [-0.2, 0) is 16.0 Å². The summed E-state index contributed by atoms with van der Waals surface area (Å²) in [6, 6.07) is 7.29. The van der Waals surface area contributed by atoms with Gasteiger partial charge >= 0.3 is 5.97 Å². The molecule has 1 aromatic heterocycles. The number of carbonyl (C=O) groups excluding carboxylic acids is 1. The molecule has 1 atom stereocenters. The van der Waals surface area contributed by atoms with E-state index in [1.165, 1.54) is 28.1 Å². The van der Waals surface area contributed by atoms with Gasteiger partial charge in [-0.25, -0.2) is 4.98 Å². The van der Waals surface area contributed by atoms with Crippen molar-refractivity contribution in [3.8, 4) is 11.4 Å². The highest BCUT2D eigenvalue weighted by molar-refractivity contribution is 8.00. The zero-order valence-corrected chi connectivity index (χ0v) is 16.5. The molecule has 0 bridgehead atoms. The van der Waals surface area contributed by atoms with E-state index < -0.39 is 5.25 Å². The van der Waals surface area contributed by atoms with Crippen LogP contribution in [0.5, 0.6) is 5.75 Å². The molecule has 2 aromatic rings. The fourth-order valence-corrected chi connectivity index (χ4v) is 4.62. The van der Waals surface area contributed by atoms with E-state index in [9.17, 15) is 9.59 Å². The number of ether oxygens (including phenoxy) is 2. The summed E-state index contributed by atoms with van der Waals surface area (Å²) in [5, 5.41) is -0.00350. The molecule has 0 radical (unpaired) electrons. The average Bonchev–Trinajstić information content (AvgIpc) is 3.11. The Bertz CT molecular complexity index is 882. The van der Waals surface area contributed by atoms with Gasteiger partial charge in [-0.05, 0) is 26.0 Å². The second-order valence-electron chi connectivity index (χ2n) is 5.59. The van der Waals surface area contributed by atoms with Gasteiger partial charge in [-0.3, -0.25) is 14.2 Å². The Labute approximate surface area is 160 Å². The first kappa shape index (κ1) is 18.8. The lowest BCUT2D eigenvalue weighted by Gasteiger charge is -2.17. The van der Waals surface area contributed by atoms with Crippen molar-refractivity contribution in [2.24, 2.45) is 0 Å². The predicted octanol–water partition coefficient (Wildman–Crippen LogP) is 2.93. The number of carbonyl (C=O) groups is 1. The Balaban J connectivity index is 2.13. The molecule has 138 valence electrons. The maximum absolute atomic E-state index is 13.1. The summed E-state index contributed by atoms with van der Waals surface area (Å²) >= 11 is 2.75. The number of aromatic nitrogens is 2. The van der Waals surface area contributed by atoms with Gasteiger partial charge < -0.3 is 9.47 Å². The van der Waals surface area contributed by atoms with Gasteiger partial charge in [0, 0.05) is 12.2 Å². The van der Waals surface area contributed by atoms with Crippen molar-refractivity contribution in [2.75, 3.05) is 19.5 Å². The first-order chi connectivity index (χ1) is 12.6. The van der Waals surface area contributed by atoms with Gasteiger partial charge in [0.15, 0.2) is 5.16 Å². The summed E-state index contributed by atoms with van der Waals surface area (Å²) in [5.74, 6) is 1.09. The lowest BCUT2D eigenvalue weighted by atomic mass is 10.2. The average molecular weight is 393 g/mol. The minimum absolute atomic E-state index is 0.124. The van der Waals surface area contributed by atoms with Gasteiger partial charge in [0.25, 0.3) is 5.56 Å². The van der Waals surface area contributed by atoms with Crippen molar-refractivity contribution in [2.45, 2.75) is 35.6 Å². The number of fused-ring (bicyclic) bond motifs is 1. The van der Waals surface area contributed by atoms with Crippen molar-refractivity contribution in [3.63, 3.8) is 0 Å². The molecular weight excluding hydrogens is 372 g/mol. The van der Waals surface area contributed by atoms with Crippen molar-refractivity contribution in [1.29, 1.82) is 0 Å². The monoisotopic (exact) mass is 392 g/mol. The Morgan fingerprint density at radius 3 is 2.92 bits per heavy atom. The Morgan fingerprint density at radius 1 is 1.42 bits per heavy atom. The van der Waals surface area contributed by atoms with Crippen LogP contribution in [0.4, 0.5) is 0 Å². The standard InChI is InChI=1S/C18H20N2O4S2/c1-4-24-17(22)11(2)26-18-19-12-9-10-25-15(12)16(21)20(18)13-7-5-6-8-14(13)23-3/h5-8,11H,4,9-10H2,1-3H3. The second-order valence-corrected chi connectivity index (χ2v) is 8.01. The smallest absolute Gasteiger partial charge is 0.319 e. The molecule has 0 saturated heterocycles. The maximum Gasteiger partial charge on any atom is 0.319 e. The van der Waals surface area contributed by atoms with Crippen LogP contribution < -0.4 is 10.3 Å². The molecule has 0 fully saturated rings. The minimum atomic E-state index is -0.477. The maximum atomic E-state index is 13.1. The quantitative estimate of drug-likeness (QED) is 0.425. The minimum Gasteiger partial charge on any atom is -0.495 e. The third-order valence-corrected chi connectivity index (χ3v) is 6.03. The Morgan fingerprint density at radius 2 is 2.19 bits per heavy atom. The zero-order chi connectivity index (χ0) is 18.7. The molecule has 2 heterocycles. The molecule has 26 heavy (non-hydrogen) atoms.